The Morgan fingerprint density at radius 2 is 1.69 bits per heavy atom. The number of anilines is 1. The maximum Gasteiger partial charge on any atom is 0.416 e. The van der Waals surface area contributed by atoms with Crippen molar-refractivity contribution in [1.29, 1.82) is 0 Å². The van der Waals surface area contributed by atoms with Crippen LogP contribution in [0, 0.1) is 0 Å². The predicted octanol–water partition coefficient (Wildman–Crippen LogP) is 1.30. The number of piperazine rings is 1. The fraction of sp³-hybridized carbons (Fsp3) is 0.478. The molecule has 192 valence electrons. The van der Waals surface area contributed by atoms with Gasteiger partial charge < -0.3 is 19.8 Å². The van der Waals surface area contributed by atoms with Crippen molar-refractivity contribution in [3.8, 4) is 0 Å². The summed E-state index contributed by atoms with van der Waals surface area (Å²) in [6.07, 6.45) is -7.07. The Balaban J connectivity index is 1.43. The Morgan fingerprint density at radius 1 is 1.00 bits per heavy atom. The smallest absolute Gasteiger partial charge is 0.394 e. The SMILES string of the molecule is O=S(=O)(NC[C@H]1O[C@@H](CO)[C@@H](O)[C@H]1N1CCN(c2cccc(C(F)(F)F)c2)CC1)c1ccccc1. The number of halogens is 3. The molecule has 0 aromatic heterocycles. The van der Waals surface area contributed by atoms with E-state index in [0.717, 1.165) is 12.1 Å². The lowest BCUT2D eigenvalue weighted by Gasteiger charge is -2.41. The van der Waals surface area contributed by atoms with E-state index in [-0.39, 0.29) is 11.4 Å². The minimum absolute atomic E-state index is 0.100. The molecule has 12 heteroatoms. The molecule has 0 unspecified atom stereocenters. The van der Waals surface area contributed by atoms with Crippen LogP contribution in [0.1, 0.15) is 5.56 Å². The van der Waals surface area contributed by atoms with Crippen molar-refractivity contribution in [2.75, 3.05) is 44.2 Å². The molecule has 4 atom stereocenters. The third-order valence-corrected chi connectivity index (χ3v) is 7.88. The number of nitrogens with zero attached hydrogens (tertiary/aromatic N) is 2. The van der Waals surface area contributed by atoms with Crippen LogP contribution in [0.25, 0.3) is 0 Å². The summed E-state index contributed by atoms with van der Waals surface area (Å²) in [5.41, 5.74) is -0.253. The molecule has 8 nitrogen and oxygen atoms in total. The molecule has 2 aliphatic heterocycles. The van der Waals surface area contributed by atoms with Gasteiger partial charge in [-0.15, -0.1) is 0 Å². The number of ether oxygens (including phenoxy) is 1. The highest BCUT2D eigenvalue weighted by Crippen LogP contribution is 2.33. The molecule has 0 radical (unpaired) electrons. The summed E-state index contributed by atoms with van der Waals surface area (Å²) >= 11 is 0. The molecule has 3 N–H and O–H groups in total. The number of aliphatic hydroxyl groups is 2. The second-order valence-corrected chi connectivity index (χ2v) is 10.4. The highest BCUT2D eigenvalue weighted by atomic mass is 32.2. The van der Waals surface area contributed by atoms with Crippen molar-refractivity contribution < 1.29 is 36.5 Å². The highest BCUT2D eigenvalue weighted by molar-refractivity contribution is 7.89. The summed E-state index contributed by atoms with van der Waals surface area (Å²) in [4.78, 5) is 3.87. The minimum Gasteiger partial charge on any atom is -0.394 e. The first-order valence-corrected chi connectivity index (χ1v) is 12.7. The average Bonchev–Trinajstić information content (AvgIpc) is 3.18. The molecule has 0 aliphatic carbocycles. The van der Waals surface area contributed by atoms with Gasteiger partial charge in [0.15, 0.2) is 0 Å². The van der Waals surface area contributed by atoms with Crippen LogP contribution >= 0.6 is 0 Å². The van der Waals surface area contributed by atoms with Crippen molar-refractivity contribution in [1.82, 2.24) is 9.62 Å². The number of nitrogens with one attached hydrogen (secondary N) is 1. The summed E-state index contributed by atoms with van der Waals surface area (Å²) in [5.74, 6) is 0. The Kier molecular flexibility index (Phi) is 7.69. The average molecular weight is 516 g/mol. The van der Waals surface area contributed by atoms with E-state index in [1.165, 1.54) is 18.2 Å². The van der Waals surface area contributed by atoms with Gasteiger partial charge in [-0.1, -0.05) is 24.3 Å². The van der Waals surface area contributed by atoms with Gasteiger partial charge in [0.2, 0.25) is 10.0 Å². The Hall–Kier alpha value is -2.22. The number of benzene rings is 2. The summed E-state index contributed by atoms with van der Waals surface area (Å²) in [6, 6.07) is 12.4. The number of hydrogen-bond donors (Lipinski definition) is 3. The number of sulfonamides is 1. The Labute approximate surface area is 202 Å². The molecule has 0 spiro atoms. The fourth-order valence-corrected chi connectivity index (χ4v) is 5.69. The lowest BCUT2D eigenvalue weighted by molar-refractivity contribution is -0.137. The molecule has 4 rings (SSSR count). The van der Waals surface area contributed by atoms with E-state index in [2.05, 4.69) is 4.72 Å². The van der Waals surface area contributed by atoms with E-state index in [1.807, 2.05) is 9.80 Å². The van der Waals surface area contributed by atoms with E-state index in [4.69, 9.17) is 4.74 Å². The van der Waals surface area contributed by atoms with E-state index < -0.39 is 52.7 Å². The molecule has 2 aromatic carbocycles. The molecule has 0 amide bonds. The van der Waals surface area contributed by atoms with Crippen LogP contribution in [0.15, 0.2) is 59.5 Å². The summed E-state index contributed by atoms with van der Waals surface area (Å²) < 4.78 is 72.8. The number of rotatable bonds is 7. The van der Waals surface area contributed by atoms with Crippen molar-refractivity contribution in [2.45, 2.75) is 35.4 Å². The van der Waals surface area contributed by atoms with Gasteiger partial charge >= 0.3 is 6.18 Å². The maximum absolute atomic E-state index is 13.1. The molecule has 2 aliphatic rings. The van der Waals surface area contributed by atoms with Crippen LogP contribution in [0.3, 0.4) is 0 Å². The first-order chi connectivity index (χ1) is 16.6. The van der Waals surface area contributed by atoms with E-state index in [1.54, 1.807) is 24.3 Å². The van der Waals surface area contributed by atoms with E-state index >= 15 is 0 Å². The quantitative estimate of drug-likeness (QED) is 0.511. The van der Waals surface area contributed by atoms with Crippen LogP contribution in [0.2, 0.25) is 0 Å². The summed E-state index contributed by atoms with van der Waals surface area (Å²) in [7, 11) is -3.80. The third-order valence-electron chi connectivity index (χ3n) is 6.44. The van der Waals surface area contributed by atoms with Crippen molar-refractivity contribution in [3.63, 3.8) is 0 Å². The number of alkyl halides is 3. The molecular formula is C23H28F3N3O5S. The lowest BCUT2D eigenvalue weighted by Crippen LogP contribution is -2.57. The molecule has 2 saturated heterocycles. The number of aliphatic hydroxyl groups excluding tert-OH is 2. The third kappa shape index (κ3) is 5.79. The Bertz CT molecular complexity index is 1100. The van der Waals surface area contributed by atoms with Gasteiger partial charge in [0.25, 0.3) is 0 Å². The normalized spacial score (nSPS) is 26.3. The van der Waals surface area contributed by atoms with E-state index in [9.17, 15) is 31.8 Å². The van der Waals surface area contributed by atoms with Crippen molar-refractivity contribution >= 4 is 15.7 Å². The van der Waals surface area contributed by atoms with Gasteiger partial charge in [-0.05, 0) is 30.3 Å². The minimum atomic E-state index is -4.43. The standard InChI is InChI=1S/C23H28F3N3O5S/c24-23(25,26)16-5-4-6-17(13-16)28-9-11-29(12-10-28)21-19(34-20(15-30)22(21)31)14-27-35(32,33)18-7-2-1-3-8-18/h1-8,13,19-22,27,30-31H,9-12,14-15H2/t19-,20+,21+,22-/m1/s1. The first-order valence-electron chi connectivity index (χ1n) is 11.3. The van der Waals surface area contributed by atoms with Crippen LogP contribution in [-0.4, -0.2) is 87.2 Å². The van der Waals surface area contributed by atoms with Crippen LogP contribution < -0.4 is 9.62 Å². The Morgan fingerprint density at radius 3 is 2.31 bits per heavy atom. The molecule has 0 saturated carbocycles. The molecule has 2 fully saturated rings. The van der Waals surface area contributed by atoms with Gasteiger partial charge in [0.1, 0.15) is 12.2 Å². The molecule has 0 bridgehead atoms. The second-order valence-electron chi connectivity index (χ2n) is 8.61. The molecular weight excluding hydrogens is 487 g/mol. The van der Waals surface area contributed by atoms with Crippen LogP contribution in [0.4, 0.5) is 18.9 Å². The summed E-state index contributed by atoms with van der Waals surface area (Å²) in [5, 5.41) is 20.4. The largest absolute Gasteiger partial charge is 0.416 e. The van der Waals surface area contributed by atoms with Gasteiger partial charge in [0.05, 0.1) is 29.2 Å². The lowest BCUT2D eigenvalue weighted by atomic mass is 10.0. The first kappa shape index (κ1) is 25.9. The fourth-order valence-electron chi connectivity index (χ4n) is 4.63. The second kappa shape index (κ2) is 10.4. The molecule has 2 heterocycles. The monoisotopic (exact) mass is 515 g/mol. The molecule has 2 aromatic rings. The number of hydrogen-bond acceptors (Lipinski definition) is 7. The zero-order chi connectivity index (χ0) is 25.2. The highest BCUT2D eigenvalue weighted by Gasteiger charge is 2.47. The van der Waals surface area contributed by atoms with Gasteiger partial charge in [-0.2, -0.15) is 13.2 Å². The van der Waals surface area contributed by atoms with Gasteiger partial charge in [0, 0.05) is 38.4 Å². The van der Waals surface area contributed by atoms with E-state index in [0.29, 0.717) is 31.9 Å². The van der Waals surface area contributed by atoms with Crippen molar-refractivity contribution in [3.05, 3.63) is 60.2 Å². The molecule has 35 heavy (non-hydrogen) atoms. The zero-order valence-corrected chi connectivity index (χ0v) is 19.6. The van der Waals surface area contributed by atoms with Crippen LogP contribution in [0.5, 0.6) is 0 Å². The van der Waals surface area contributed by atoms with Gasteiger partial charge in [-0.25, -0.2) is 13.1 Å². The van der Waals surface area contributed by atoms with Crippen molar-refractivity contribution in [2.24, 2.45) is 0 Å². The van der Waals surface area contributed by atoms with Gasteiger partial charge in [-0.3, -0.25) is 4.90 Å². The maximum atomic E-state index is 13.1. The summed E-state index contributed by atoms with van der Waals surface area (Å²) in [6.45, 7) is 1.13. The zero-order valence-electron chi connectivity index (χ0n) is 18.8. The van der Waals surface area contributed by atoms with Crippen LogP contribution in [-0.2, 0) is 20.9 Å². The topological polar surface area (TPSA) is 102 Å². The predicted molar refractivity (Wildman–Crippen MR) is 122 cm³/mol.